The topological polar surface area (TPSA) is 103 Å². The van der Waals surface area contributed by atoms with Crippen LogP contribution in [0.3, 0.4) is 0 Å². The number of thiocarbonyl (C=S) groups is 1. The van der Waals surface area contributed by atoms with Gasteiger partial charge in [-0.2, -0.15) is 0 Å². The van der Waals surface area contributed by atoms with E-state index in [1.165, 1.54) is 26.4 Å². The number of anilines is 2. The number of hydrogen-bond donors (Lipinski definition) is 3. The van der Waals surface area contributed by atoms with Gasteiger partial charge in [0, 0.05) is 17.8 Å². The third-order valence-electron chi connectivity index (χ3n) is 3.16. The Bertz CT molecular complexity index is 886. The number of ether oxygens (including phenoxy) is 2. The highest BCUT2D eigenvalue weighted by molar-refractivity contribution is 7.89. The van der Waals surface area contributed by atoms with Gasteiger partial charge in [-0.3, -0.25) is 0 Å². The van der Waals surface area contributed by atoms with Crippen LogP contribution in [-0.4, -0.2) is 27.7 Å². The van der Waals surface area contributed by atoms with Crippen molar-refractivity contribution in [3.63, 3.8) is 0 Å². The van der Waals surface area contributed by atoms with Crippen LogP contribution in [-0.2, 0) is 10.0 Å². The molecule has 0 unspecified atom stereocenters. The molecule has 0 aliphatic heterocycles. The summed E-state index contributed by atoms with van der Waals surface area (Å²) in [6.07, 6.45) is 0. The van der Waals surface area contributed by atoms with Crippen molar-refractivity contribution in [2.45, 2.75) is 4.90 Å². The van der Waals surface area contributed by atoms with E-state index in [2.05, 4.69) is 10.6 Å². The highest BCUT2D eigenvalue weighted by atomic mass is 35.5. The normalized spacial score (nSPS) is 10.9. The summed E-state index contributed by atoms with van der Waals surface area (Å²) in [7, 11) is -0.730. The number of nitrogens with two attached hydrogens (primary N) is 1. The summed E-state index contributed by atoms with van der Waals surface area (Å²) in [5, 5.41) is 11.6. The molecule has 2 aromatic carbocycles. The van der Waals surface area contributed by atoms with E-state index in [-0.39, 0.29) is 10.0 Å². The minimum absolute atomic E-state index is 0.0148. The molecular formula is C15H16ClN3O4S2. The van der Waals surface area contributed by atoms with Crippen molar-refractivity contribution in [3.05, 3.63) is 41.4 Å². The first-order valence-electron chi connectivity index (χ1n) is 6.87. The quantitative estimate of drug-likeness (QED) is 0.662. The first kappa shape index (κ1) is 19.3. The second-order valence-corrected chi connectivity index (χ2v) is 7.21. The van der Waals surface area contributed by atoms with Crippen molar-refractivity contribution >= 4 is 50.3 Å². The van der Waals surface area contributed by atoms with E-state index in [4.69, 9.17) is 38.4 Å². The molecule has 0 radical (unpaired) electrons. The highest BCUT2D eigenvalue weighted by Crippen LogP contribution is 2.35. The monoisotopic (exact) mass is 401 g/mol. The number of sulfonamides is 1. The Morgan fingerprint density at radius 2 is 1.68 bits per heavy atom. The van der Waals surface area contributed by atoms with Crippen LogP contribution < -0.4 is 25.2 Å². The summed E-state index contributed by atoms with van der Waals surface area (Å²) in [4.78, 5) is 0.0148. The number of primary sulfonamides is 1. The summed E-state index contributed by atoms with van der Waals surface area (Å²) >= 11 is 11.3. The lowest BCUT2D eigenvalue weighted by Crippen LogP contribution is -2.19. The molecule has 7 nitrogen and oxygen atoms in total. The Labute approximate surface area is 156 Å². The van der Waals surface area contributed by atoms with Crippen molar-refractivity contribution < 1.29 is 17.9 Å². The van der Waals surface area contributed by atoms with Crippen LogP contribution in [0.4, 0.5) is 11.4 Å². The minimum atomic E-state index is -3.74. The van der Waals surface area contributed by atoms with E-state index >= 15 is 0 Å². The maximum Gasteiger partial charge on any atom is 0.238 e. The lowest BCUT2D eigenvalue weighted by atomic mass is 10.2. The number of rotatable bonds is 5. The van der Waals surface area contributed by atoms with Gasteiger partial charge >= 0.3 is 0 Å². The zero-order valence-corrected chi connectivity index (χ0v) is 15.8. The Morgan fingerprint density at radius 3 is 2.20 bits per heavy atom. The van der Waals surface area contributed by atoms with Gasteiger partial charge in [0.05, 0.1) is 29.8 Å². The average Bonchev–Trinajstić information content (AvgIpc) is 2.55. The van der Waals surface area contributed by atoms with Gasteiger partial charge < -0.3 is 20.1 Å². The maximum absolute atomic E-state index is 11.2. The van der Waals surface area contributed by atoms with Gasteiger partial charge in [-0.05, 0) is 36.5 Å². The van der Waals surface area contributed by atoms with Crippen molar-refractivity contribution in [2.75, 3.05) is 24.9 Å². The largest absolute Gasteiger partial charge is 0.495 e. The van der Waals surface area contributed by atoms with E-state index < -0.39 is 10.0 Å². The molecule has 0 fully saturated rings. The van der Waals surface area contributed by atoms with E-state index in [1.807, 2.05) is 0 Å². The third kappa shape index (κ3) is 4.95. The van der Waals surface area contributed by atoms with Crippen LogP contribution in [0.25, 0.3) is 0 Å². The van der Waals surface area contributed by atoms with Gasteiger partial charge in [0.1, 0.15) is 11.5 Å². The second-order valence-electron chi connectivity index (χ2n) is 4.84. The molecular weight excluding hydrogens is 386 g/mol. The Kier molecular flexibility index (Phi) is 6.07. The highest BCUT2D eigenvalue weighted by Gasteiger charge is 2.12. The maximum atomic E-state index is 11.2. The second kappa shape index (κ2) is 7.87. The first-order chi connectivity index (χ1) is 11.7. The van der Waals surface area contributed by atoms with Crippen LogP contribution >= 0.6 is 23.8 Å². The predicted octanol–water partition coefficient (Wildman–Crippen LogP) is 2.81. The molecule has 2 aromatic rings. The van der Waals surface area contributed by atoms with E-state index in [0.717, 1.165) is 0 Å². The van der Waals surface area contributed by atoms with E-state index in [0.29, 0.717) is 27.9 Å². The zero-order chi connectivity index (χ0) is 18.6. The average molecular weight is 402 g/mol. The molecule has 0 aromatic heterocycles. The van der Waals surface area contributed by atoms with Gasteiger partial charge in [-0.1, -0.05) is 11.6 Å². The number of hydrogen-bond acceptors (Lipinski definition) is 5. The van der Waals surface area contributed by atoms with Crippen LogP contribution in [0.5, 0.6) is 11.5 Å². The molecule has 0 amide bonds. The molecule has 0 aliphatic rings. The standard InChI is InChI=1S/C15H16ClN3O4S2/c1-22-13-8-12(14(23-2)7-11(13)16)19-15(24)18-9-3-5-10(6-4-9)25(17,20)21/h3-8H,1-2H3,(H2,17,20,21)(H2,18,19,24). The van der Waals surface area contributed by atoms with Crippen LogP contribution in [0, 0.1) is 0 Å². The lowest BCUT2D eigenvalue weighted by molar-refractivity contribution is 0.405. The molecule has 25 heavy (non-hydrogen) atoms. The third-order valence-corrected chi connectivity index (χ3v) is 4.59. The summed E-state index contributed by atoms with van der Waals surface area (Å²) in [5.41, 5.74) is 1.15. The van der Waals surface area contributed by atoms with Gasteiger partial charge in [-0.25, -0.2) is 13.6 Å². The van der Waals surface area contributed by atoms with Crippen LogP contribution in [0.15, 0.2) is 41.3 Å². The van der Waals surface area contributed by atoms with Crippen molar-refractivity contribution in [1.82, 2.24) is 0 Å². The summed E-state index contributed by atoms with van der Waals surface area (Å²) in [6, 6.07) is 9.12. The molecule has 10 heteroatoms. The van der Waals surface area contributed by atoms with Crippen LogP contribution in [0.1, 0.15) is 0 Å². The van der Waals surface area contributed by atoms with Crippen molar-refractivity contribution in [2.24, 2.45) is 5.14 Å². The summed E-state index contributed by atoms with van der Waals surface area (Å²) < 4.78 is 32.9. The fourth-order valence-electron chi connectivity index (χ4n) is 1.97. The predicted molar refractivity (Wildman–Crippen MR) is 102 cm³/mol. The molecule has 0 saturated carbocycles. The molecule has 134 valence electrons. The number of nitrogens with one attached hydrogen (secondary N) is 2. The van der Waals surface area contributed by atoms with Gasteiger partial charge in [0.25, 0.3) is 0 Å². The molecule has 0 spiro atoms. The Balaban J connectivity index is 2.15. The summed E-state index contributed by atoms with van der Waals surface area (Å²) in [6.45, 7) is 0. The van der Waals surface area contributed by atoms with Crippen molar-refractivity contribution in [1.29, 1.82) is 0 Å². The Morgan fingerprint density at radius 1 is 1.08 bits per heavy atom. The summed E-state index contributed by atoms with van der Waals surface area (Å²) in [5.74, 6) is 0.949. The fourth-order valence-corrected chi connectivity index (χ4v) is 2.94. The van der Waals surface area contributed by atoms with Gasteiger partial charge in [-0.15, -0.1) is 0 Å². The zero-order valence-electron chi connectivity index (χ0n) is 13.4. The SMILES string of the molecule is COc1cc(NC(=S)Nc2ccc(S(N)(=O)=O)cc2)c(OC)cc1Cl. The molecule has 0 heterocycles. The van der Waals surface area contributed by atoms with E-state index in [1.54, 1.807) is 24.3 Å². The van der Waals surface area contributed by atoms with Gasteiger partial charge in [0.2, 0.25) is 10.0 Å². The lowest BCUT2D eigenvalue weighted by Gasteiger charge is -2.15. The Hall–Kier alpha value is -2.07. The molecule has 0 aliphatic carbocycles. The molecule has 2 rings (SSSR count). The first-order valence-corrected chi connectivity index (χ1v) is 9.20. The smallest absolute Gasteiger partial charge is 0.238 e. The number of methoxy groups -OCH3 is 2. The molecule has 0 saturated heterocycles. The molecule has 0 atom stereocenters. The fraction of sp³-hybridized carbons (Fsp3) is 0.133. The molecule has 4 N–H and O–H groups in total. The molecule has 0 bridgehead atoms. The number of benzene rings is 2. The number of halogens is 1. The van der Waals surface area contributed by atoms with E-state index in [9.17, 15) is 8.42 Å². The minimum Gasteiger partial charge on any atom is -0.495 e. The van der Waals surface area contributed by atoms with Crippen molar-refractivity contribution in [3.8, 4) is 11.5 Å². The van der Waals surface area contributed by atoms with Gasteiger partial charge in [0.15, 0.2) is 5.11 Å². The van der Waals surface area contributed by atoms with Crippen LogP contribution in [0.2, 0.25) is 5.02 Å².